The third-order valence-corrected chi connectivity index (χ3v) is 7.63. The SMILES string of the molecule is CC1(C)CNCC[C@@H]1Nc1nc(-c2ccnc(Nc3ccc(F)cn3)c2)nc2cncc(C3CCC3)c12. The van der Waals surface area contributed by atoms with Crippen LogP contribution in [-0.4, -0.2) is 44.1 Å². The largest absolute Gasteiger partial charge is 0.366 e. The summed E-state index contributed by atoms with van der Waals surface area (Å²) >= 11 is 0. The van der Waals surface area contributed by atoms with E-state index >= 15 is 0 Å². The van der Waals surface area contributed by atoms with Crippen LogP contribution in [0, 0.1) is 11.2 Å². The quantitative estimate of drug-likeness (QED) is 0.323. The molecule has 1 atom stereocenters. The molecule has 8 nitrogen and oxygen atoms in total. The molecule has 0 bridgehead atoms. The summed E-state index contributed by atoms with van der Waals surface area (Å²) in [6.45, 7) is 6.51. The van der Waals surface area contributed by atoms with Crippen LogP contribution in [0.3, 0.4) is 0 Å². The van der Waals surface area contributed by atoms with E-state index in [-0.39, 0.29) is 17.3 Å². The van der Waals surface area contributed by atoms with Crippen molar-refractivity contribution in [3.8, 4) is 11.4 Å². The summed E-state index contributed by atoms with van der Waals surface area (Å²) in [5, 5.41) is 11.6. The fraction of sp³-hybridized carbons (Fsp3) is 0.393. The van der Waals surface area contributed by atoms with E-state index in [9.17, 15) is 4.39 Å². The van der Waals surface area contributed by atoms with Crippen molar-refractivity contribution in [2.75, 3.05) is 23.7 Å². The van der Waals surface area contributed by atoms with E-state index in [1.807, 2.05) is 24.5 Å². The van der Waals surface area contributed by atoms with Crippen molar-refractivity contribution in [1.29, 1.82) is 0 Å². The number of aromatic nitrogens is 5. The molecule has 4 aromatic rings. The van der Waals surface area contributed by atoms with Crippen LogP contribution < -0.4 is 16.0 Å². The Morgan fingerprint density at radius 1 is 1.00 bits per heavy atom. The van der Waals surface area contributed by atoms with Crippen molar-refractivity contribution in [3.05, 3.63) is 60.4 Å². The minimum absolute atomic E-state index is 0.0786. The highest BCUT2D eigenvalue weighted by Crippen LogP contribution is 2.42. The molecule has 0 amide bonds. The molecule has 6 rings (SSSR count). The van der Waals surface area contributed by atoms with Gasteiger partial charge in [0.2, 0.25) is 0 Å². The minimum atomic E-state index is -0.386. The first-order valence-corrected chi connectivity index (χ1v) is 12.9. The van der Waals surface area contributed by atoms with E-state index in [0.717, 1.165) is 41.8 Å². The summed E-state index contributed by atoms with van der Waals surface area (Å²) in [5.74, 6) is 2.68. The normalized spacial score (nSPS) is 19.4. The summed E-state index contributed by atoms with van der Waals surface area (Å²) in [7, 11) is 0. The molecule has 2 fully saturated rings. The molecule has 0 aromatic carbocycles. The highest BCUT2D eigenvalue weighted by molar-refractivity contribution is 5.93. The summed E-state index contributed by atoms with van der Waals surface area (Å²) in [5.41, 5.74) is 2.98. The van der Waals surface area contributed by atoms with Gasteiger partial charge in [-0.2, -0.15) is 0 Å². The molecule has 1 saturated carbocycles. The van der Waals surface area contributed by atoms with Crippen LogP contribution in [0.15, 0.2) is 49.1 Å². The van der Waals surface area contributed by atoms with E-state index in [1.54, 1.807) is 12.3 Å². The van der Waals surface area contributed by atoms with Crippen molar-refractivity contribution in [2.45, 2.75) is 51.5 Å². The highest BCUT2D eigenvalue weighted by Gasteiger charge is 2.33. The van der Waals surface area contributed by atoms with Crippen molar-refractivity contribution < 1.29 is 4.39 Å². The first-order chi connectivity index (χ1) is 18.0. The number of fused-ring (bicyclic) bond motifs is 1. The zero-order valence-corrected chi connectivity index (χ0v) is 21.1. The Kier molecular flexibility index (Phi) is 6.16. The predicted octanol–water partition coefficient (Wildman–Crippen LogP) is 5.43. The van der Waals surface area contributed by atoms with Gasteiger partial charge in [0, 0.05) is 35.9 Å². The molecule has 9 heteroatoms. The lowest BCUT2D eigenvalue weighted by Gasteiger charge is -2.40. The first-order valence-electron chi connectivity index (χ1n) is 12.9. The molecule has 190 valence electrons. The monoisotopic (exact) mass is 498 g/mol. The number of hydrogen-bond acceptors (Lipinski definition) is 8. The first kappa shape index (κ1) is 23.7. The number of anilines is 3. The molecule has 5 heterocycles. The van der Waals surface area contributed by atoms with Gasteiger partial charge in [-0.25, -0.2) is 24.3 Å². The number of halogens is 1. The zero-order valence-electron chi connectivity index (χ0n) is 21.1. The molecule has 0 radical (unpaired) electrons. The van der Waals surface area contributed by atoms with Gasteiger partial charge in [0.1, 0.15) is 23.3 Å². The Morgan fingerprint density at radius 3 is 2.65 bits per heavy atom. The van der Waals surface area contributed by atoms with E-state index in [1.165, 1.54) is 37.1 Å². The maximum atomic E-state index is 13.3. The molecule has 0 unspecified atom stereocenters. The van der Waals surface area contributed by atoms with Crippen molar-refractivity contribution >= 4 is 28.4 Å². The van der Waals surface area contributed by atoms with Crippen molar-refractivity contribution in [2.24, 2.45) is 5.41 Å². The molecular weight excluding hydrogens is 467 g/mol. The summed E-state index contributed by atoms with van der Waals surface area (Å²) in [6.07, 6.45) is 11.3. The van der Waals surface area contributed by atoms with Gasteiger partial charge in [-0.15, -0.1) is 0 Å². The van der Waals surface area contributed by atoms with E-state index < -0.39 is 0 Å². The Labute approximate surface area is 215 Å². The van der Waals surface area contributed by atoms with Gasteiger partial charge in [0.25, 0.3) is 0 Å². The Bertz CT molecular complexity index is 1420. The average Bonchev–Trinajstić information content (AvgIpc) is 2.86. The number of rotatable bonds is 6. The lowest BCUT2D eigenvalue weighted by molar-refractivity contribution is 0.236. The number of nitrogens with zero attached hydrogens (tertiary/aromatic N) is 5. The van der Waals surface area contributed by atoms with Gasteiger partial charge in [-0.3, -0.25) is 4.98 Å². The van der Waals surface area contributed by atoms with Crippen LogP contribution in [0.25, 0.3) is 22.3 Å². The summed E-state index contributed by atoms with van der Waals surface area (Å²) in [6, 6.07) is 6.99. The molecular formula is C28H31FN8. The van der Waals surface area contributed by atoms with Crippen LogP contribution in [0.1, 0.15) is 51.0 Å². The molecule has 37 heavy (non-hydrogen) atoms. The molecule has 1 aliphatic carbocycles. The second-order valence-corrected chi connectivity index (χ2v) is 10.7. The fourth-order valence-electron chi connectivity index (χ4n) is 5.19. The summed E-state index contributed by atoms with van der Waals surface area (Å²) < 4.78 is 13.3. The van der Waals surface area contributed by atoms with Crippen LogP contribution in [0.4, 0.5) is 21.8 Å². The average molecular weight is 499 g/mol. The topological polar surface area (TPSA) is 101 Å². The summed E-state index contributed by atoms with van der Waals surface area (Å²) in [4.78, 5) is 23.1. The second-order valence-electron chi connectivity index (χ2n) is 10.7. The minimum Gasteiger partial charge on any atom is -0.366 e. The lowest BCUT2D eigenvalue weighted by Crippen LogP contribution is -2.49. The van der Waals surface area contributed by atoms with Gasteiger partial charge in [-0.05, 0) is 67.0 Å². The van der Waals surface area contributed by atoms with Gasteiger partial charge in [0.05, 0.1) is 17.9 Å². The van der Waals surface area contributed by atoms with Crippen LogP contribution in [0.5, 0.6) is 0 Å². The van der Waals surface area contributed by atoms with Gasteiger partial charge in [-0.1, -0.05) is 20.3 Å². The maximum Gasteiger partial charge on any atom is 0.162 e. The number of pyridine rings is 3. The molecule has 3 N–H and O–H groups in total. The van der Waals surface area contributed by atoms with E-state index in [2.05, 4.69) is 44.7 Å². The van der Waals surface area contributed by atoms with Crippen LogP contribution in [-0.2, 0) is 0 Å². The Morgan fingerprint density at radius 2 is 1.89 bits per heavy atom. The third kappa shape index (κ3) is 4.83. The smallest absolute Gasteiger partial charge is 0.162 e. The zero-order chi connectivity index (χ0) is 25.4. The van der Waals surface area contributed by atoms with Crippen LogP contribution >= 0.6 is 0 Å². The van der Waals surface area contributed by atoms with Gasteiger partial charge in [0.15, 0.2) is 5.82 Å². The molecule has 1 aliphatic heterocycles. The van der Waals surface area contributed by atoms with Crippen molar-refractivity contribution in [1.82, 2.24) is 30.2 Å². The predicted molar refractivity (Wildman–Crippen MR) is 143 cm³/mol. The van der Waals surface area contributed by atoms with Gasteiger partial charge < -0.3 is 16.0 Å². The van der Waals surface area contributed by atoms with Crippen molar-refractivity contribution in [3.63, 3.8) is 0 Å². The number of nitrogens with one attached hydrogen (secondary N) is 3. The Balaban J connectivity index is 1.41. The van der Waals surface area contributed by atoms with Gasteiger partial charge >= 0.3 is 0 Å². The second kappa shape index (κ2) is 9.63. The standard InChI is InChI=1S/C28H31FN8/c1-28(2)16-30-10-9-22(28)35-27-25-20(17-4-3-5-17)14-31-15-21(25)34-26(37-27)18-8-11-32-24(12-18)36-23-7-6-19(29)13-33-23/h6-8,11-15,17,22,30H,3-5,9-10,16H2,1-2H3,(H,32,33,36)(H,34,35,37)/t22-/m0/s1. The maximum absolute atomic E-state index is 13.3. The number of hydrogen-bond donors (Lipinski definition) is 3. The molecule has 1 saturated heterocycles. The lowest BCUT2D eigenvalue weighted by atomic mass is 9.78. The molecule has 4 aromatic heterocycles. The fourth-order valence-corrected chi connectivity index (χ4v) is 5.19. The van der Waals surface area contributed by atoms with Crippen LogP contribution in [0.2, 0.25) is 0 Å². The number of piperidine rings is 1. The van der Waals surface area contributed by atoms with E-state index in [4.69, 9.17) is 9.97 Å². The molecule has 0 spiro atoms. The third-order valence-electron chi connectivity index (χ3n) is 7.63. The Hall–Kier alpha value is -3.72. The molecule has 2 aliphatic rings. The highest BCUT2D eigenvalue weighted by atomic mass is 19.1. The van der Waals surface area contributed by atoms with E-state index in [0.29, 0.717) is 23.4 Å².